The predicted molar refractivity (Wildman–Crippen MR) is 59.4 cm³/mol. The molecule has 3 aromatic rings. The average Bonchev–Trinajstić information content (AvgIpc) is 2.87. The number of aryl methyl sites for hydroxylation is 1. The van der Waals surface area contributed by atoms with Gasteiger partial charge in [0.15, 0.2) is 5.82 Å². The zero-order chi connectivity index (χ0) is 13.6. The summed E-state index contributed by atoms with van der Waals surface area (Å²) in [5.41, 5.74) is 0.409. The Hall–Kier alpha value is -2.57. The maximum atomic E-state index is 12.4. The number of nitrogens with zero attached hydrogens (tertiary/aromatic N) is 5. The minimum Gasteiger partial charge on any atom is -0.268 e. The topological polar surface area (TPSA) is 88.8 Å². The van der Waals surface area contributed by atoms with Crippen LogP contribution in [0.25, 0.3) is 17.0 Å². The highest BCUT2D eigenvalue weighted by Gasteiger charge is 2.10. The lowest BCUT2D eigenvalue weighted by Crippen LogP contribution is -2.17. The Bertz CT molecular complexity index is 826. The fourth-order valence-corrected chi connectivity index (χ4v) is 1.53. The maximum Gasteiger partial charge on any atom is 0.269 e. The van der Waals surface area contributed by atoms with Crippen LogP contribution in [0, 0.1) is 6.92 Å². The highest BCUT2D eigenvalue weighted by molar-refractivity contribution is 5.55. The Labute approximate surface area is 97.9 Å². The van der Waals surface area contributed by atoms with E-state index in [1.807, 2.05) is 0 Å². The van der Waals surface area contributed by atoms with Crippen LogP contribution in [-0.4, -0.2) is 30.0 Å². The van der Waals surface area contributed by atoms with Crippen molar-refractivity contribution >= 4 is 5.65 Å². The first-order valence-corrected chi connectivity index (χ1v) is 4.83. The lowest BCUT2D eigenvalue weighted by molar-refractivity contribution is 0.881. The molecule has 1 N–H and O–H groups in total. The number of tetrazole rings is 1. The van der Waals surface area contributed by atoms with E-state index in [9.17, 15) is 4.79 Å². The van der Waals surface area contributed by atoms with E-state index < -0.39 is 5.56 Å². The third-order valence-electron chi connectivity index (χ3n) is 2.37. The second-order valence-corrected chi connectivity index (χ2v) is 3.46. The average molecular weight is 230 g/mol. The van der Waals surface area contributed by atoms with Crippen molar-refractivity contribution in [2.24, 2.45) is 0 Å². The van der Waals surface area contributed by atoms with E-state index in [-0.39, 0.29) is 23.7 Å². The SMILES string of the molecule is [2H]c1nc2c(C)ccc([2H])n2c(=O)c1-c1nnn[nH]1. The summed E-state index contributed by atoms with van der Waals surface area (Å²) in [4.78, 5) is 16.4. The van der Waals surface area contributed by atoms with Crippen LogP contribution in [0.15, 0.2) is 29.3 Å². The molecule has 7 heteroatoms. The minimum atomic E-state index is -0.540. The molecule has 0 fully saturated rings. The number of hydrogen-bond donors (Lipinski definition) is 1. The van der Waals surface area contributed by atoms with Gasteiger partial charge in [-0.2, -0.15) is 0 Å². The number of aromatic nitrogens is 6. The molecule has 0 unspecified atom stereocenters. The molecule has 0 saturated heterocycles. The van der Waals surface area contributed by atoms with Gasteiger partial charge >= 0.3 is 0 Å². The Morgan fingerprint density at radius 3 is 3.18 bits per heavy atom. The van der Waals surface area contributed by atoms with Crippen LogP contribution in [-0.2, 0) is 0 Å². The van der Waals surface area contributed by atoms with E-state index >= 15 is 0 Å². The smallest absolute Gasteiger partial charge is 0.268 e. The number of hydrogen-bond acceptors (Lipinski definition) is 5. The second kappa shape index (κ2) is 3.48. The Balaban J connectivity index is 2.51. The van der Waals surface area contributed by atoms with Gasteiger partial charge in [0.2, 0.25) is 0 Å². The largest absolute Gasteiger partial charge is 0.269 e. The summed E-state index contributed by atoms with van der Waals surface area (Å²) in [5, 5.41) is 12.8. The number of aromatic amines is 1. The maximum absolute atomic E-state index is 12.4. The first kappa shape index (κ1) is 7.66. The normalized spacial score (nSPS) is 12.5. The standard InChI is InChI=1S/C10H8N6O/c1-6-3-2-4-16-9(6)11-5-7(10(16)17)8-12-14-15-13-8/h2-5H,1H3,(H,12,13,14,15)/i4D,5D. The van der Waals surface area contributed by atoms with Gasteiger partial charge in [0.25, 0.3) is 5.56 Å². The summed E-state index contributed by atoms with van der Waals surface area (Å²) in [5.74, 6) is 0.0674. The zero-order valence-electron chi connectivity index (χ0n) is 10.8. The lowest BCUT2D eigenvalue weighted by Gasteiger charge is -2.03. The highest BCUT2D eigenvalue weighted by atomic mass is 16.1. The van der Waals surface area contributed by atoms with Crippen LogP contribution in [0.3, 0.4) is 0 Å². The number of fused-ring (bicyclic) bond motifs is 1. The summed E-state index contributed by atoms with van der Waals surface area (Å²) < 4.78 is 16.8. The third kappa shape index (κ3) is 1.40. The van der Waals surface area contributed by atoms with Gasteiger partial charge in [-0.15, -0.1) is 5.10 Å². The van der Waals surface area contributed by atoms with E-state index in [1.165, 1.54) is 6.07 Å². The number of pyridine rings is 1. The van der Waals surface area contributed by atoms with Crippen molar-refractivity contribution in [2.75, 3.05) is 0 Å². The summed E-state index contributed by atoms with van der Waals surface area (Å²) in [6.07, 6.45) is -0.232. The van der Waals surface area contributed by atoms with Gasteiger partial charge in [-0.25, -0.2) is 10.1 Å². The van der Waals surface area contributed by atoms with Crippen molar-refractivity contribution in [2.45, 2.75) is 6.92 Å². The summed E-state index contributed by atoms with van der Waals surface area (Å²) in [7, 11) is 0. The van der Waals surface area contributed by atoms with Crippen LogP contribution in [0.1, 0.15) is 8.30 Å². The molecule has 0 aliphatic carbocycles. The predicted octanol–water partition coefficient (Wildman–Crippen LogP) is 0.183. The molecule has 3 aromatic heterocycles. The van der Waals surface area contributed by atoms with Crippen molar-refractivity contribution in [1.29, 1.82) is 0 Å². The molecule has 0 aliphatic rings. The van der Waals surface area contributed by atoms with E-state index in [4.69, 9.17) is 2.74 Å². The van der Waals surface area contributed by atoms with E-state index in [0.717, 1.165) is 4.40 Å². The lowest BCUT2D eigenvalue weighted by atomic mass is 10.2. The van der Waals surface area contributed by atoms with Crippen molar-refractivity contribution in [3.8, 4) is 11.4 Å². The molecule has 0 spiro atoms. The Kier molecular flexibility index (Phi) is 1.57. The summed E-state index contributed by atoms with van der Waals surface area (Å²) in [6.45, 7) is 1.76. The minimum absolute atomic E-state index is 0.00757. The molecule has 17 heavy (non-hydrogen) atoms. The molecular weight excluding hydrogens is 220 g/mol. The van der Waals surface area contributed by atoms with Gasteiger partial charge in [0.1, 0.15) is 11.2 Å². The van der Waals surface area contributed by atoms with E-state index in [2.05, 4.69) is 25.6 Å². The Morgan fingerprint density at radius 2 is 2.41 bits per heavy atom. The van der Waals surface area contributed by atoms with Gasteiger partial charge in [0, 0.05) is 12.3 Å². The van der Waals surface area contributed by atoms with Gasteiger partial charge in [-0.1, -0.05) is 6.07 Å². The van der Waals surface area contributed by atoms with Gasteiger partial charge in [-0.05, 0) is 29.0 Å². The van der Waals surface area contributed by atoms with Crippen molar-refractivity contribution in [3.05, 3.63) is 40.4 Å². The molecule has 0 bridgehead atoms. The van der Waals surface area contributed by atoms with E-state index in [0.29, 0.717) is 11.2 Å². The summed E-state index contributed by atoms with van der Waals surface area (Å²) >= 11 is 0. The van der Waals surface area contributed by atoms with Crippen LogP contribution in [0.5, 0.6) is 0 Å². The molecule has 3 rings (SSSR count). The number of H-pyrrole nitrogens is 1. The fraction of sp³-hybridized carbons (Fsp3) is 0.100. The number of rotatable bonds is 1. The quantitative estimate of drug-likeness (QED) is 0.644. The molecule has 0 radical (unpaired) electrons. The van der Waals surface area contributed by atoms with E-state index in [1.54, 1.807) is 13.0 Å². The van der Waals surface area contributed by atoms with Crippen molar-refractivity contribution in [3.63, 3.8) is 0 Å². The number of nitrogens with one attached hydrogen (secondary N) is 1. The van der Waals surface area contributed by atoms with Gasteiger partial charge in [0.05, 0.1) is 2.74 Å². The van der Waals surface area contributed by atoms with Crippen LogP contribution in [0.4, 0.5) is 0 Å². The van der Waals surface area contributed by atoms with Crippen molar-refractivity contribution in [1.82, 2.24) is 30.0 Å². The molecule has 84 valence electrons. The first-order valence-electron chi connectivity index (χ1n) is 5.83. The van der Waals surface area contributed by atoms with Gasteiger partial charge < -0.3 is 0 Å². The zero-order valence-corrected chi connectivity index (χ0v) is 8.80. The van der Waals surface area contributed by atoms with Gasteiger partial charge in [-0.3, -0.25) is 9.20 Å². The molecule has 0 saturated carbocycles. The third-order valence-corrected chi connectivity index (χ3v) is 2.37. The molecule has 7 nitrogen and oxygen atoms in total. The van der Waals surface area contributed by atoms with Crippen LogP contribution in [0.2, 0.25) is 0 Å². The second-order valence-electron chi connectivity index (χ2n) is 3.46. The Morgan fingerprint density at radius 1 is 1.53 bits per heavy atom. The molecule has 0 atom stereocenters. The molecule has 0 amide bonds. The summed E-state index contributed by atoms with van der Waals surface area (Å²) in [6, 6.07) is 3.18. The molecular formula is C10H8N6O. The monoisotopic (exact) mass is 230 g/mol. The first-order chi connectivity index (χ1) is 9.09. The van der Waals surface area contributed by atoms with Crippen molar-refractivity contribution < 1.29 is 2.74 Å². The highest BCUT2D eigenvalue weighted by Crippen LogP contribution is 2.09. The molecule has 3 heterocycles. The fourth-order valence-electron chi connectivity index (χ4n) is 1.53. The molecule has 0 aromatic carbocycles. The van der Waals surface area contributed by atoms with Crippen LogP contribution < -0.4 is 5.56 Å². The van der Waals surface area contributed by atoms with Crippen LogP contribution >= 0.6 is 0 Å². The molecule has 0 aliphatic heterocycles.